The van der Waals surface area contributed by atoms with Crippen LogP contribution in [0.3, 0.4) is 0 Å². The molecule has 0 atom stereocenters. The van der Waals surface area contributed by atoms with E-state index in [1.54, 1.807) is 18.3 Å². The first-order chi connectivity index (χ1) is 12.7. The van der Waals surface area contributed by atoms with Crippen molar-refractivity contribution in [3.63, 3.8) is 0 Å². The largest absolute Gasteiger partial charge is 0.486 e. The van der Waals surface area contributed by atoms with Gasteiger partial charge in [-0.1, -0.05) is 12.1 Å². The average molecular weight is 354 g/mol. The topological polar surface area (TPSA) is 82.1 Å². The summed E-state index contributed by atoms with van der Waals surface area (Å²) in [6.07, 6.45) is 1.65. The highest BCUT2D eigenvalue weighted by Crippen LogP contribution is 2.33. The van der Waals surface area contributed by atoms with E-state index in [1.165, 1.54) is 4.40 Å². The lowest BCUT2D eigenvalue weighted by atomic mass is 10.2. The Morgan fingerprint density at radius 1 is 1.23 bits per heavy atom. The Balaban J connectivity index is 1.71. The normalized spacial score (nSPS) is 13.0. The molecule has 2 aromatic heterocycles. The number of rotatable bonds is 5. The van der Waals surface area contributed by atoms with Crippen LogP contribution in [0.2, 0.25) is 0 Å². The zero-order valence-corrected chi connectivity index (χ0v) is 14.3. The molecule has 26 heavy (non-hydrogen) atoms. The van der Waals surface area contributed by atoms with Crippen molar-refractivity contribution in [2.75, 3.05) is 24.7 Å². The predicted octanol–water partition coefficient (Wildman–Crippen LogP) is 3.04. The number of hydrogen-bond donors (Lipinski definition) is 0. The van der Waals surface area contributed by atoms with Gasteiger partial charge < -0.3 is 24.5 Å². The van der Waals surface area contributed by atoms with Crippen molar-refractivity contribution in [3.05, 3.63) is 58.3 Å². The Labute approximate surface area is 149 Å². The molecule has 1 aromatic carbocycles. The number of nitrogens with zero attached hydrogens (tertiary/aromatic N) is 4. The summed E-state index contributed by atoms with van der Waals surface area (Å²) in [7, 11) is 0. The summed E-state index contributed by atoms with van der Waals surface area (Å²) in [6.45, 7) is 4.08. The number of fused-ring (bicyclic) bond motifs is 2. The zero-order valence-electron chi connectivity index (χ0n) is 14.3. The third-order valence-electron chi connectivity index (χ3n) is 4.32. The Hall–Kier alpha value is -3.29. The molecule has 0 spiro atoms. The van der Waals surface area contributed by atoms with Gasteiger partial charge in [-0.05, 0) is 35.6 Å². The minimum absolute atomic E-state index is 0.0278. The molecule has 0 saturated carbocycles. The van der Waals surface area contributed by atoms with Crippen molar-refractivity contribution in [2.45, 2.75) is 13.5 Å². The number of hydrogen-bond acceptors (Lipinski definition) is 6. The fraction of sp³-hybridized carbons (Fsp3) is 0.278. The molecule has 3 heterocycles. The summed E-state index contributed by atoms with van der Waals surface area (Å²) in [6, 6.07) is 11.1. The molecule has 8 nitrogen and oxygen atoms in total. The van der Waals surface area contributed by atoms with Crippen LogP contribution in [0.15, 0.2) is 42.6 Å². The highest BCUT2D eigenvalue weighted by molar-refractivity contribution is 5.63. The molecule has 3 aromatic rings. The molecule has 1 aliphatic heterocycles. The van der Waals surface area contributed by atoms with Crippen LogP contribution in [0.5, 0.6) is 11.5 Å². The minimum atomic E-state index is -0.387. The summed E-state index contributed by atoms with van der Waals surface area (Å²) in [5, 5.41) is 11.6. The zero-order chi connectivity index (χ0) is 18.1. The Morgan fingerprint density at radius 3 is 2.81 bits per heavy atom. The Bertz CT molecular complexity index is 969. The van der Waals surface area contributed by atoms with Crippen LogP contribution < -0.4 is 14.4 Å². The molecule has 0 aliphatic carbocycles. The second-order valence-corrected chi connectivity index (χ2v) is 5.94. The summed E-state index contributed by atoms with van der Waals surface area (Å²) < 4.78 is 12.7. The highest BCUT2D eigenvalue weighted by atomic mass is 16.6. The van der Waals surface area contributed by atoms with Crippen molar-refractivity contribution in [3.8, 4) is 11.5 Å². The molecule has 134 valence electrons. The quantitative estimate of drug-likeness (QED) is 0.517. The summed E-state index contributed by atoms with van der Waals surface area (Å²) in [4.78, 5) is 17.6. The molecule has 1 aliphatic rings. The van der Waals surface area contributed by atoms with Gasteiger partial charge in [-0.25, -0.2) is 0 Å². The first kappa shape index (κ1) is 16.2. The molecule has 0 fully saturated rings. The number of anilines is 1. The maximum Gasteiger partial charge on any atom is 0.372 e. The number of pyridine rings is 1. The number of ether oxygens (including phenoxy) is 2. The summed E-state index contributed by atoms with van der Waals surface area (Å²) in [5.74, 6) is 1.76. The SMILES string of the molecule is CCN(Cc1ccc2c(c1)OCCO2)c1nc2ccccn2c1[N+](=O)[O-]. The second kappa shape index (κ2) is 6.55. The van der Waals surface area contributed by atoms with E-state index in [2.05, 4.69) is 4.98 Å². The Morgan fingerprint density at radius 2 is 2.04 bits per heavy atom. The molecule has 0 radical (unpaired) electrons. The average Bonchev–Trinajstić information content (AvgIpc) is 3.05. The van der Waals surface area contributed by atoms with Crippen LogP contribution in [0, 0.1) is 10.1 Å². The summed E-state index contributed by atoms with van der Waals surface area (Å²) >= 11 is 0. The first-order valence-electron chi connectivity index (χ1n) is 8.42. The predicted molar refractivity (Wildman–Crippen MR) is 96.0 cm³/mol. The van der Waals surface area contributed by atoms with E-state index < -0.39 is 0 Å². The summed E-state index contributed by atoms with van der Waals surface area (Å²) in [5.41, 5.74) is 1.53. The van der Waals surface area contributed by atoms with Crippen LogP contribution in [0.1, 0.15) is 12.5 Å². The van der Waals surface area contributed by atoms with Gasteiger partial charge in [-0.2, -0.15) is 9.38 Å². The number of nitro groups is 1. The number of aromatic nitrogens is 2. The van der Waals surface area contributed by atoms with E-state index in [0.29, 0.717) is 43.5 Å². The standard InChI is InChI=1S/C18H18N4O4/c1-2-20(12-13-6-7-14-15(11-13)26-10-9-25-14)17-18(22(23)24)21-8-4-3-5-16(21)19-17/h3-8,11H,2,9-10,12H2,1H3. The van der Waals surface area contributed by atoms with Crippen molar-refractivity contribution < 1.29 is 14.4 Å². The molecule has 0 bridgehead atoms. The molecule has 4 rings (SSSR count). The van der Waals surface area contributed by atoms with E-state index in [9.17, 15) is 10.1 Å². The van der Waals surface area contributed by atoms with Crippen molar-refractivity contribution >= 4 is 17.3 Å². The lowest BCUT2D eigenvalue weighted by Gasteiger charge is -2.22. The van der Waals surface area contributed by atoms with Crippen LogP contribution in [-0.4, -0.2) is 34.1 Å². The molecule has 0 unspecified atom stereocenters. The van der Waals surface area contributed by atoms with E-state index in [4.69, 9.17) is 9.47 Å². The second-order valence-electron chi connectivity index (χ2n) is 5.94. The van der Waals surface area contributed by atoms with Crippen LogP contribution in [0.25, 0.3) is 5.65 Å². The smallest absolute Gasteiger partial charge is 0.372 e. The van der Waals surface area contributed by atoms with Gasteiger partial charge in [0.25, 0.3) is 0 Å². The van der Waals surface area contributed by atoms with Crippen LogP contribution >= 0.6 is 0 Å². The fourth-order valence-corrected chi connectivity index (χ4v) is 3.10. The van der Waals surface area contributed by atoms with Gasteiger partial charge >= 0.3 is 5.82 Å². The van der Waals surface area contributed by atoms with E-state index in [0.717, 1.165) is 11.3 Å². The third-order valence-corrected chi connectivity index (χ3v) is 4.32. The monoisotopic (exact) mass is 354 g/mol. The molecule has 8 heteroatoms. The van der Waals surface area contributed by atoms with E-state index >= 15 is 0 Å². The van der Waals surface area contributed by atoms with Gasteiger partial charge in [0.15, 0.2) is 11.5 Å². The van der Waals surface area contributed by atoms with Crippen LogP contribution in [0.4, 0.5) is 11.6 Å². The van der Waals surface area contributed by atoms with Crippen molar-refractivity contribution in [2.24, 2.45) is 0 Å². The first-order valence-corrected chi connectivity index (χ1v) is 8.42. The molecule has 0 amide bonds. The van der Waals surface area contributed by atoms with Gasteiger partial charge in [0.05, 0.1) is 6.20 Å². The van der Waals surface area contributed by atoms with Crippen molar-refractivity contribution in [1.82, 2.24) is 9.38 Å². The molecule has 0 N–H and O–H groups in total. The maximum absolute atomic E-state index is 11.6. The maximum atomic E-state index is 11.6. The van der Waals surface area contributed by atoms with E-state index in [-0.39, 0.29) is 10.7 Å². The number of benzene rings is 1. The van der Waals surface area contributed by atoms with Crippen molar-refractivity contribution in [1.29, 1.82) is 0 Å². The van der Waals surface area contributed by atoms with Gasteiger partial charge in [-0.3, -0.25) is 0 Å². The molecule has 0 saturated heterocycles. The van der Waals surface area contributed by atoms with Gasteiger partial charge in [0.2, 0.25) is 11.5 Å². The van der Waals surface area contributed by atoms with E-state index in [1.807, 2.05) is 36.1 Å². The fourth-order valence-electron chi connectivity index (χ4n) is 3.10. The lowest BCUT2D eigenvalue weighted by molar-refractivity contribution is -0.389. The highest BCUT2D eigenvalue weighted by Gasteiger charge is 2.26. The van der Waals surface area contributed by atoms with Crippen LogP contribution in [-0.2, 0) is 6.54 Å². The minimum Gasteiger partial charge on any atom is -0.486 e. The number of imidazole rings is 1. The van der Waals surface area contributed by atoms with Gasteiger partial charge in [0.1, 0.15) is 13.2 Å². The molecular weight excluding hydrogens is 336 g/mol. The Kier molecular flexibility index (Phi) is 4.08. The lowest BCUT2D eigenvalue weighted by Crippen LogP contribution is -2.23. The third kappa shape index (κ3) is 2.79. The van der Waals surface area contributed by atoms with Gasteiger partial charge in [0, 0.05) is 19.2 Å². The van der Waals surface area contributed by atoms with Gasteiger partial charge in [-0.15, -0.1) is 0 Å². The molecular formula is C18H18N4O4.